The zero-order valence-electron chi connectivity index (χ0n) is 17.0. The third-order valence-electron chi connectivity index (χ3n) is 3.23. The van der Waals surface area contributed by atoms with E-state index in [-0.39, 0.29) is 12.5 Å². The molecule has 5 N–H and O–H groups in total. The lowest BCUT2D eigenvalue weighted by Crippen LogP contribution is -2.54. The summed E-state index contributed by atoms with van der Waals surface area (Å²) in [6.45, 7) is 8.89. The van der Waals surface area contributed by atoms with Crippen LogP contribution in [0.4, 0.5) is 4.79 Å². The summed E-state index contributed by atoms with van der Waals surface area (Å²) in [6.07, 6.45) is -0.767. The summed E-state index contributed by atoms with van der Waals surface area (Å²) >= 11 is 0. The standard InChI is InChI=1S/C17H30N4O7/c1-9(2)13(14(24)20-10(3)15(25)26)21-12(23)8-18-11(22)7-19-16(27)28-17(4,5)6/h9-10,13H,7-8H2,1-6H3,(H,18,22)(H,19,27)(H,20,24)(H,21,23)(H,25,26). The van der Waals surface area contributed by atoms with Crippen LogP contribution < -0.4 is 21.3 Å². The SMILES string of the molecule is CC(NC(=O)C(NC(=O)CNC(=O)CNC(=O)OC(C)(C)C)C(C)C)C(=O)O. The van der Waals surface area contributed by atoms with Crippen molar-refractivity contribution < 1.29 is 33.8 Å². The fourth-order valence-corrected chi connectivity index (χ4v) is 1.83. The Hall–Kier alpha value is -2.85. The van der Waals surface area contributed by atoms with Crippen LogP contribution in [0, 0.1) is 5.92 Å². The zero-order chi connectivity index (χ0) is 22.1. The first-order valence-electron chi connectivity index (χ1n) is 8.79. The molecule has 0 saturated heterocycles. The first kappa shape index (κ1) is 25.1. The van der Waals surface area contributed by atoms with Crippen LogP contribution in [-0.4, -0.2) is 65.7 Å². The summed E-state index contributed by atoms with van der Waals surface area (Å²) in [4.78, 5) is 58.1. The van der Waals surface area contributed by atoms with Crippen molar-refractivity contribution >= 4 is 29.8 Å². The first-order chi connectivity index (χ1) is 12.7. The fraction of sp³-hybridized carbons (Fsp3) is 0.706. The van der Waals surface area contributed by atoms with Gasteiger partial charge in [-0.05, 0) is 33.6 Å². The van der Waals surface area contributed by atoms with Crippen LogP contribution in [0.5, 0.6) is 0 Å². The van der Waals surface area contributed by atoms with Gasteiger partial charge in [-0.2, -0.15) is 0 Å². The van der Waals surface area contributed by atoms with Crippen molar-refractivity contribution in [1.82, 2.24) is 21.3 Å². The van der Waals surface area contributed by atoms with Crippen molar-refractivity contribution in [1.29, 1.82) is 0 Å². The van der Waals surface area contributed by atoms with Gasteiger partial charge in [-0.1, -0.05) is 13.8 Å². The molecule has 160 valence electrons. The quantitative estimate of drug-likeness (QED) is 0.342. The number of hydrogen-bond acceptors (Lipinski definition) is 6. The maximum atomic E-state index is 12.1. The molecule has 0 aromatic rings. The minimum Gasteiger partial charge on any atom is -0.480 e. The molecule has 0 aliphatic heterocycles. The van der Waals surface area contributed by atoms with Gasteiger partial charge >= 0.3 is 12.1 Å². The first-order valence-corrected chi connectivity index (χ1v) is 8.79. The van der Waals surface area contributed by atoms with E-state index in [1.54, 1.807) is 34.6 Å². The zero-order valence-corrected chi connectivity index (χ0v) is 17.0. The van der Waals surface area contributed by atoms with E-state index in [9.17, 15) is 24.0 Å². The molecule has 0 radical (unpaired) electrons. The number of ether oxygens (including phenoxy) is 1. The number of carbonyl (C=O) groups is 5. The van der Waals surface area contributed by atoms with E-state index in [1.165, 1.54) is 6.92 Å². The summed E-state index contributed by atoms with van der Waals surface area (Å²) in [5.41, 5.74) is -0.703. The van der Waals surface area contributed by atoms with Gasteiger partial charge in [-0.15, -0.1) is 0 Å². The van der Waals surface area contributed by atoms with Gasteiger partial charge in [0.05, 0.1) is 6.54 Å². The molecule has 0 aliphatic rings. The number of hydrogen-bond donors (Lipinski definition) is 5. The molecule has 0 bridgehead atoms. The molecule has 4 amide bonds. The number of carboxylic acid groups (broad SMARTS) is 1. The fourth-order valence-electron chi connectivity index (χ4n) is 1.83. The maximum absolute atomic E-state index is 12.1. The van der Waals surface area contributed by atoms with Gasteiger partial charge in [0.15, 0.2) is 0 Å². The topological polar surface area (TPSA) is 163 Å². The molecule has 0 aromatic heterocycles. The Morgan fingerprint density at radius 1 is 0.893 bits per heavy atom. The van der Waals surface area contributed by atoms with E-state index in [0.29, 0.717) is 0 Å². The highest BCUT2D eigenvalue weighted by Crippen LogP contribution is 2.06. The summed E-state index contributed by atoms with van der Waals surface area (Å²) in [5.74, 6) is -3.41. The normalized spacial score (nSPS) is 13.1. The second-order valence-electron chi connectivity index (χ2n) is 7.49. The van der Waals surface area contributed by atoms with Crippen molar-refractivity contribution in [3.63, 3.8) is 0 Å². The minimum atomic E-state index is -1.20. The largest absolute Gasteiger partial charge is 0.480 e. The Bertz CT molecular complexity index is 599. The van der Waals surface area contributed by atoms with Crippen LogP contribution in [0.25, 0.3) is 0 Å². The molecule has 11 nitrogen and oxygen atoms in total. The second-order valence-corrected chi connectivity index (χ2v) is 7.49. The summed E-state index contributed by atoms with van der Waals surface area (Å²) in [5, 5.41) is 18.1. The van der Waals surface area contributed by atoms with Crippen molar-refractivity contribution in [2.75, 3.05) is 13.1 Å². The number of aliphatic carboxylic acids is 1. The summed E-state index contributed by atoms with van der Waals surface area (Å²) in [6, 6.07) is -2.07. The van der Waals surface area contributed by atoms with Crippen molar-refractivity contribution in [3.05, 3.63) is 0 Å². The van der Waals surface area contributed by atoms with Crippen molar-refractivity contribution in [2.45, 2.75) is 59.2 Å². The molecular formula is C17H30N4O7. The second kappa shape index (κ2) is 11.1. The molecule has 28 heavy (non-hydrogen) atoms. The van der Waals surface area contributed by atoms with Gasteiger partial charge in [0.1, 0.15) is 24.2 Å². The lowest BCUT2D eigenvalue weighted by Gasteiger charge is -2.23. The molecule has 0 heterocycles. The Morgan fingerprint density at radius 3 is 1.89 bits per heavy atom. The molecular weight excluding hydrogens is 372 g/mol. The number of amides is 4. The molecule has 0 rings (SSSR count). The van der Waals surface area contributed by atoms with Crippen LogP contribution >= 0.6 is 0 Å². The van der Waals surface area contributed by atoms with E-state index in [4.69, 9.17) is 9.84 Å². The lowest BCUT2D eigenvalue weighted by molar-refractivity contribution is -0.142. The van der Waals surface area contributed by atoms with Crippen LogP contribution in [0.1, 0.15) is 41.5 Å². The van der Waals surface area contributed by atoms with Crippen LogP contribution in [0.2, 0.25) is 0 Å². The van der Waals surface area contributed by atoms with E-state index in [1.807, 2.05) is 0 Å². The van der Waals surface area contributed by atoms with Gasteiger partial charge in [0, 0.05) is 0 Å². The monoisotopic (exact) mass is 402 g/mol. The molecule has 0 spiro atoms. The van der Waals surface area contributed by atoms with Crippen LogP contribution in [0.3, 0.4) is 0 Å². The molecule has 0 aromatic carbocycles. The van der Waals surface area contributed by atoms with Gasteiger partial charge < -0.3 is 31.1 Å². The highest BCUT2D eigenvalue weighted by molar-refractivity contribution is 5.92. The lowest BCUT2D eigenvalue weighted by atomic mass is 10.0. The van der Waals surface area contributed by atoms with Gasteiger partial charge in [-0.25, -0.2) is 4.79 Å². The maximum Gasteiger partial charge on any atom is 0.408 e. The summed E-state index contributed by atoms with van der Waals surface area (Å²) < 4.78 is 4.97. The number of nitrogens with one attached hydrogen (secondary N) is 4. The van der Waals surface area contributed by atoms with Gasteiger partial charge in [-0.3, -0.25) is 19.2 Å². The van der Waals surface area contributed by atoms with Crippen molar-refractivity contribution in [2.24, 2.45) is 5.92 Å². The smallest absolute Gasteiger partial charge is 0.408 e. The molecule has 2 unspecified atom stereocenters. The highest BCUT2D eigenvalue weighted by atomic mass is 16.6. The van der Waals surface area contributed by atoms with Crippen molar-refractivity contribution in [3.8, 4) is 0 Å². The van der Waals surface area contributed by atoms with Gasteiger partial charge in [0.25, 0.3) is 0 Å². The van der Waals surface area contributed by atoms with E-state index >= 15 is 0 Å². The molecule has 0 fully saturated rings. The third kappa shape index (κ3) is 11.0. The predicted octanol–water partition coefficient (Wildman–Crippen LogP) is -0.643. The van der Waals surface area contributed by atoms with Crippen LogP contribution in [-0.2, 0) is 23.9 Å². The Labute approximate surface area is 163 Å². The van der Waals surface area contributed by atoms with Crippen LogP contribution in [0.15, 0.2) is 0 Å². The average molecular weight is 402 g/mol. The number of carbonyl (C=O) groups excluding carboxylic acids is 4. The number of rotatable bonds is 9. The number of carboxylic acids is 1. The Morgan fingerprint density at radius 2 is 1.43 bits per heavy atom. The third-order valence-corrected chi connectivity index (χ3v) is 3.23. The molecule has 2 atom stereocenters. The van der Waals surface area contributed by atoms with E-state index < -0.39 is 54.0 Å². The van der Waals surface area contributed by atoms with Gasteiger partial charge in [0.2, 0.25) is 17.7 Å². The highest BCUT2D eigenvalue weighted by Gasteiger charge is 2.26. The summed E-state index contributed by atoms with van der Waals surface area (Å²) in [7, 11) is 0. The Kier molecular flexibility index (Phi) is 9.97. The van der Waals surface area contributed by atoms with E-state index in [0.717, 1.165) is 0 Å². The number of alkyl carbamates (subject to hydrolysis) is 1. The minimum absolute atomic E-state index is 0.311. The average Bonchev–Trinajstić information content (AvgIpc) is 2.53. The molecule has 0 aliphatic carbocycles. The van der Waals surface area contributed by atoms with E-state index in [2.05, 4.69) is 21.3 Å². The molecule has 11 heteroatoms. The molecule has 0 saturated carbocycles. The predicted molar refractivity (Wildman–Crippen MR) is 99.3 cm³/mol. The Balaban J connectivity index is 4.45.